The fraction of sp³-hybridized carbons (Fsp3) is 1.00. The second-order valence-corrected chi connectivity index (χ2v) is 4.82. The fourth-order valence-electron chi connectivity index (χ4n) is 2.54. The third kappa shape index (κ3) is 3.97. The van der Waals surface area contributed by atoms with Gasteiger partial charge < -0.3 is 10.6 Å². The normalized spacial score (nSPS) is 21.4. The lowest BCUT2D eigenvalue weighted by molar-refractivity contribution is 0.233. The third-order valence-corrected chi connectivity index (χ3v) is 3.38. The van der Waals surface area contributed by atoms with Crippen molar-refractivity contribution in [3.8, 4) is 0 Å². The van der Waals surface area contributed by atoms with Crippen LogP contribution in [0, 0.1) is 5.92 Å². The van der Waals surface area contributed by atoms with Gasteiger partial charge in [0.25, 0.3) is 0 Å². The summed E-state index contributed by atoms with van der Waals surface area (Å²) in [5.74, 6) is 0.794. The average molecular weight is 198 g/mol. The fourth-order valence-corrected chi connectivity index (χ4v) is 2.54. The highest BCUT2D eigenvalue weighted by Gasteiger charge is 2.21. The number of hydrogen-bond donors (Lipinski definition) is 1. The molecule has 1 rings (SSSR count). The zero-order valence-corrected chi connectivity index (χ0v) is 9.84. The third-order valence-electron chi connectivity index (χ3n) is 3.38. The Labute approximate surface area is 88.8 Å². The molecule has 14 heavy (non-hydrogen) atoms. The molecule has 0 bridgehead atoms. The lowest BCUT2D eigenvalue weighted by Gasteiger charge is -2.30. The van der Waals surface area contributed by atoms with Crippen molar-refractivity contribution in [1.82, 2.24) is 4.90 Å². The van der Waals surface area contributed by atoms with Gasteiger partial charge in [0.1, 0.15) is 0 Å². The summed E-state index contributed by atoms with van der Waals surface area (Å²) < 4.78 is 0. The monoisotopic (exact) mass is 198 g/mol. The number of nitrogens with two attached hydrogens (primary N) is 1. The van der Waals surface area contributed by atoms with Crippen molar-refractivity contribution >= 4 is 0 Å². The van der Waals surface area contributed by atoms with Crippen LogP contribution in [0.4, 0.5) is 0 Å². The molecule has 0 amide bonds. The maximum atomic E-state index is 6.24. The van der Waals surface area contributed by atoms with E-state index >= 15 is 0 Å². The van der Waals surface area contributed by atoms with E-state index in [1.807, 2.05) is 0 Å². The van der Waals surface area contributed by atoms with E-state index < -0.39 is 0 Å². The van der Waals surface area contributed by atoms with Crippen LogP contribution in [-0.4, -0.2) is 31.1 Å². The Morgan fingerprint density at radius 2 is 1.93 bits per heavy atom. The summed E-state index contributed by atoms with van der Waals surface area (Å²) in [6.07, 6.45) is 8.18. The van der Waals surface area contributed by atoms with Crippen LogP contribution in [0.25, 0.3) is 0 Å². The Kier molecular flexibility index (Phi) is 5.49. The smallest absolute Gasteiger partial charge is 0.0196 e. The predicted octanol–water partition coefficient (Wildman–Crippen LogP) is 2.24. The van der Waals surface area contributed by atoms with Crippen molar-refractivity contribution in [2.75, 3.05) is 20.1 Å². The lowest BCUT2D eigenvalue weighted by Crippen LogP contribution is -2.41. The first-order valence-electron chi connectivity index (χ1n) is 6.18. The van der Waals surface area contributed by atoms with Crippen LogP contribution in [0.3, 0.4) is 0 Å². The molecule has 2 N–H and O–H groups in total. The number of hydrogen-bond acceptors (Lipinski definition) is 2. The minimum Gasteiger partial charge on any atom is -0.326 e. The second kappa shape index (κ2) is 6.41. The van der Waals surface area contributed by atoms with Crippen LogP contribution in [-0.2, 0) is 0 Å². The van der Waals surface area contributed by atoms with E-state index in [4.69, 9.17) is 5.73 Å². The summed E-state index contributed by atoms with van der Waals surface area (Å²) in [5, 5.41) is 0. The first-order chi connectivity index (χ1) is 6.74. The van der Waals surface area contributed by atoms with Crippen LogP contribution < -0.4 is 5.73 Å². The molecule has 0 heterocycles. The molecule has 0 aromatic carbocycles. The summed E-state index contributed by atoms with van der Waals surface area (Å²) >= 11 is 0. The lowest BCUT2D eigenvalue weighted by atomic mass is 9.84. The number of likely N-dealkylation sites (N-methyl/N-ethyl adjacent to an activating group) is 1. The number of rotatable bonds is 5. The minimum atomic E-state index is 0.409. The zero-order chi connectivity index (χ0) is 10.4. The summed E-state index contributed by atoms with van der Waals surface area (Å²) in [7, 11) is 2.19. The van der Waals surface area contributed by atoms with E-state index in [1.165, 1.54) is 45.1 Å². The van der Waals surface area contributed by atoms with Crippen LogP contribution in [0.15, 0.2) is 0 Å². The molecule has 1 aliphatic carbocycles. The van der Waals surface area contributed by atoms with Gasteiger partial charge in [-0.1, -0.05) is 26.2 Å². The highest BCUT2D eigenvalue weighted by atomic mass is 15.1. The first-order valence-corrected chi connectivity index (χ1v) is 6.18. The highest BCUT2D eigenvalue weighted by Crippen LogP contribution is 2.25. The van der Waals surface area contributed by atoms with E-state index in [-0.39, 0.29) is 0 Å². The predicted molar refractivity (Wildman–Crippen MR) is 62.3 cm³/mol. The molecular weight excluding hydrogens is 172 g/mol. The molecule has 1 saturated carbocycles. The quantitative estimate of drug-likeness (QED) is 0.734. The Hall–Kier alpha value is -0.0800. The summed E-state index contributed by atoms with van der Waals surface area (Å²) in [6.45, 7) is 4.49. The standard InChI is InChI=1S/C12H26N2/c1-3-9-14(2)10-12(13)11-7-5-4-6-8-11/h11-12H,3-10,13H2,1-2H3. The average Bonchev–Trinajstić information content (AvgIpc) is 2.19. The van der Waals surface area contributed by atoms with Crippen LogP contribution in [0.2, 0.25) is 0 Å². The van der Waals surface area contributed by atoms with Crippen LogP contribution >= 0.6 is 0 Å². The van der Waals surface area contributed by atoms with Crippen molar-refractivity contribution in [3.63, 3.8) is 0 Å². The van der Waals surface area contributed by atoms with Crippen LogP contribution in [0.1, 0.15) is 45.4 Å². The molecule has 1 atom stereocenters. The molecular formula is C12H26N2. The topological polar surface area (TPSA) is 29.3 Å². The van der Waals surface area contributed by atoms with Crippen molar-refractivity contribution in [2.45, 2.75) is 51.5 Å². The highest BCUT2D eigenvalue weighted by molar-refractivity contribution is 4.78. The zero-order valence-electron chi connectivity index (χ0n) is 9.84. The van der Waals surface area contributed by atoms with E-state index in [1.54, 1.807) is 0 Å². The molecule has 0 spiro atoms. The Bertz CT molecular complexity index is 141. The Balaban J connectivity index is 2.21. The molecule has 1 fully saturated rings. The molecule has 0 radical (unpaired) electrons. The van der Waals surface area contributed by atoms with Crippen molar-refractivity contribution < 1.29 is 0 Å². The van der Waals surface area contributed by atoms with Gasteiger partial charge in [0.2, 0.25) is 0 Å². The van der Waals surface area contributed by atoms with Crippen LogP contribution in [0.5, 0.6) is 0 Å². The molecule has 0 aromatic rings. The molecule has 84 valence electrons. The summed E-state index contributed by atoms with van der Waals surface area (Å²) in [6, 6.07) is 0.409. The van der Waals surface area contributed by atoms with Gasteiger partial charge in [0.05, 0.1) is 0 Å². The van der Waals surface area contributed by atoms with Gasteiger partial charge in [-0.3, -0.25) is 0 Å². The van der Waals surface area contributed by atoms with E-state index in [0.717, 1.165) is 12.5 Å². The van der Waals surface area contributed by atoms with Gasteiger partial charge in [-0.15, -0.1) is 0 Å². The van der Waals surface area contributed by atoms with Crippen molar-refractivity contribution in [2.24, 2.45) is 11.7 Å². The number of nitrogens with zero attached hydrogens (tertiary/aromatic N) is 1. The minimum absolute atomic E-state index is 0.409. The maximum Gasteiger partial charge on any atom is 0.0196 e. The van der Waals surface area contributed by atoms with Gasteiger partial charge >= 0.3 is 0 Å². The van der Waals surface area contributed by atoms with Crippen molar-refractivity contribution in [3.05, 3.63) is 0 Å². The summed E-state index contributed by atoms with van der Waals surface area (Å²) in [5.41, 5.74) is 6.24. The second-order valence-electron chi connectivity index (χ2n) is 4.82. The summed E-state index contributed by atoms with van der Waals surface area (Å²) in [4.78, 5) is 2.37. The van der Waals surface area contributed by atoms with Crippen molar-refractivity contribution in [1.29, 1.82) is 0 Å². The molecule has 0 aromatic heterocycles. The first kappa shape index (κ1) is 12.0. The van der Waals surface area contributed by atoms with Gasteiger partial charge in [-0.25, -0.2) is 0 Å². The van der Waals surface area contributed by atoms with E-state index in [9.17, 15) is 0 Å². The Morgan fingerprint density at radius 3 is 2.50 bits per heavy atom. The van der Waals surface area contributed by atoms with Gasteiger partial charge in [0, 0.05) is 12.6 Å². The SMILES string of the molecule is CCCN(C)CC(N)C1CCCCC1. The molecule has 0 aliphatic heterocycles. The molecule has 0 saturated heterocycles. The molecule has 2 heteroatoms. The molecule has 2 nitrogen and oxygen atoms in total. The largest absolute Gasteiger partial charge is 0.326 e. The van der Waals surface area contributed by atoms with Gasteiger partial charge in [-0.2, -0.15) is 0 Å². The van der Waals surface area contributed by atoms with E-state index in [0.29, 0.717) is 6.04 Å². The molecule has 1 unspecified atom stereocenters. The molecule has 1 aliphatic rings. The Morgan fingerprint density at radius 1 is 1.29 bits per heavy atom. The van der Waals surface area contributed by atoms with Gasteiger partial charge in [0.15, 0.2) is 0 Å². The van der Waals surface area contributed by atoms with E-state index in [2.05, 4.69) is 18.9 Å². The maximum absolute atomic E-state index is 6.24. The van der Waals surface area contributed by atoms with Gasteiger partial charge in [-0.05, 0) is 38.8 Å².